The van der Waals surface area contributed by atoms with Gasteiger partial charge in [-0.1, -0.05) is 30.3 Å². The minimum Gasteiger partial charge on any atom is -0.379 e. The van der Waals surface area contributed by atoms with Crippen molar-refractivity contribution in [2.24, 2.45) is 0 Å². The molecule has 0 atom stereocenters. The number of anilines is 1. The predicted molar refractivity (Wildman–Crippen MR) is 75.5 cm³/mol. The van der Waals surface area contributed by atoms with Gasteiger partial charge < -0.3 is 5.32 Å². The van der Waals surface area contributed by atoms with Gasteiger partial charge in [0, 0.05) is 11.3 Å². The van der Waals surface area contributed by atoms with Crippen LogP contribution >= 0.6 is 0 Å². The number of nitrogens with zero attached hydrogens (tertiary/aromatic N) is 2. The summed E-state index contributed by atoms with van der Waals surface area (Å²) in [6, 6.07) is 16.1. The van der Waals surface area contributed by atoms with Crippen molar-refractivity contribution in [1.29, 1.82) is 0 Å². The molecule has 0 amide bonds. The first kappa shape index (κ1) is 12.3. The molecule has 0 aliphatic carbocycles. The van der Waals surface area contributed by atoms with Gasteiger partial charge in [0.05, 0.1) is 6.54 Å². The summed E-state index contributed by atoms with van der Waals surface area (Å²) in [6.45, 7) is 0.520. The smallest absolute Gasteiger partial charge is 0.123 e. The lowest BCUT2D eigenvalue weighted by Crippen LogP contribution is -2.01. The predicted octanol–water partition coefficient (Wildman–Crippen LogP) is 3.22. The van der Waals surface area contributed by atoms with Gasteiger partial charge in [-0.05, 0) is 24.3 Å². The highest BCUT2D eigenvalue weighted by Gasteiger charge is 2.09. The fourth-order valence-electron chi connectivity index (χ4n) is 1.96. The molecule has 0 spiro atoms. The maximum Gasteiger partial charge on any atom is 0.123 e. The van der Waals surface area contributed by atoms with E-state index in [0.717, 1.165) is 22.6 Å². The Morgan fingerprint density at radius 3 is 2.45 bits per heavy atom. The summed E-state index contributed by atoms with van der Waals surface area (Å²) in [6.07, 6.45) is 0. The maximum absolute atomic E-state index is 12.8. The van der Waals surface area contributed by atoms with Crippen molar-refractivity contribution < 1.29 is 4.39 Å². The zero-order chi connectivity index (χ0) is 13.8. The Hall–Kier alpha value is -2.69. The number of nitrogens with one attached hydrogen (secondary N) is 2. The van der Waals surface area contributed by atoms with E-state index < -0.39 is 0 Å². The topological polar surface area (TPSA) is 53.6 Å². The highest BCUT2D eigenvalue weighted by Crippen LogP contribution is 2.20. The summed E-state index contributed by atoms with van der Waals surface area (Å²) in [4.78, 5) is 0. The van der Waals surface area contributed by atoms with Crippen molar-refractivity contribution in [1.82, 2.24) is 15.4 Å². The van der Waals surface area contributed by atoms with E-state index >= 15 is 0 Å². The molecule has 3 rings (SSSR count). The molecule has 100 valence electrons. The Bertz CT molecular complexity index is 677. The average Bonchev–Trinajstić information content (AvgIpc) is 2.96. The molecule has 0 saturated carbocycles. The summed E-state index contributed by atoms with van der Waals surface area (Å²) < 4.78 is 12.8. The lowest BCUT2D eigenvalue weighted by molar-refractivity contribution is 0.628. The van der Waals surface area contributed by atoms with Crippen molar-refractivity contribution in [3.05, 3.63) is 66.1 Å². The van der Waals surface area contributed by atoms with E-state index in [9.17, 15) is 4.39 Å². The first-order chi connectivity index (χ1) is 9.83. The van der Waals surface area contributed by atoms with Crippen LogP contribution in [0.4, 0.5) is 10.1 Å². The van der Waals surface area contributed by atoms with Crippen LogP contribution in [0.5, 0.6) is 0 Å². The Morgan fingerprint density at radius 2 is 1.70 bits per heavy atom. The molecule has 0 fully saturated rings. The van der Waals surface area contributed by atoms with Crippen LogP contribution in [0.1, 0.15) is 5.69 Å². The summed E-state index contributed by atoms with van der Waals surface area (Å²) in [5.41, 5.74) is 3.49. The zero-order valence-electron chi connectivity index (χ0n) is 10.7. The van der Waals surface area contributed by atoms with E-state index in [-0.39, 0.29) is 5.82 Å². The van der Waals surface area contributed by atoms with Crippen LogP contribution < -0.4 is 5.32 Å². The highest BCUT2D eigenvalue weighted by atomic mass is 19.1. The molecule has 0 radical (unpaired) electrons. The number of benzene rings is 2. The number of hydrogen-bond acceptors (Lipinski definition) is 3. The monoisotopic (exact) mass is 268 g/mol. The molecule has 1 heterocycles. The molecule has 0 unspecified atom stereocenters. The van der Waals surface area contributed by atoms with Crippen molar-refractivity contribution >= 4 is 5.69 Å². The van der Waals surface area contributed by atoms with E-state index in [1.54, 1.807) is 12.1 Å². The van der Waals surface area contributed by atoms with Gasteiger partial charge in [0.25, 0.3) is 0 Å². The third-order valence-electron chi connectivity index (χ3n) is 2.97. The van der Waals surface area contributed by atoms with E-state index in [4.69, 9.17) is 0 Å². The quantitative estimate of drug-likeness (QED) is 0.764. The first-order valence-electron chi connectivity index (χ1n) is 6.27. The van der Waals surface area contributed by atoms with Crippen LogP contribution in [-0.4, -0.2) is 15.4 Å². The number of aromatic amines is 1. The molecule has 4 nitrogen and oxygen atoms in total. The Kier molecular flexibility index (Phi) is 3.41. The van der Waals surface area contributed by atoms with Crippen molar-refractivity contribution in [2.45, 2.75) is 6.54 Å². The third kappa shape index (κ3) is 2.66. The largest absolute Gasteiger partial charge is 0.379 e. The van der Waals surface area contributed by atoms with E-state index in [0.29, 0.717) is 6.54 Å². The summed E-state index contributed by atoms with van der Waals surface area (Å²) in [7, 11) is 0. The van der Waals surface area contributed by atoms with Gasteiger partial charge in [-0.2, -0.15) is 15.4 Å². The van der Waals surface area contributed by atoms with Crippen LogP contribution in [0.25, 0.3) is 11.3 Å². The molecule has 20 heavy (non-hydrogen) atoms. The fourth-order valence-corrected chi connectivity index (χ4v) is 1.96. The Balaban J connectivity index is 1.76. The van der Waals surface area contributed by atoms with Crippen LogP contribution in [0.3, 0.4) is 0 Å². The second-order valence-electron chi connectivity index (χ2n) is 4.35. The van der Waals surface area contributed by atoms with Gasteiger partial charge in [0.15, 0.2) is 0 Å². The maximum atomic E-state index is 12.8. The van der Waals surface area contributed by atoms with Crippen LogP contribution in [0.15, 0.2) is 54.6 Å². The second-order valence-corrected chi connectivity index (χ2v) is 4.35. The molecular weight excluding hydrogens is 255 g/mol. The van der Waals surface area contributed by atoms with Gasteiger partial charge in [0.1, 0.15) is 17.2 Å². The SMILES string of the molecule is Fc1ccc(NCc2n[nH]nc2-c2ccccc2)cc1. The summed E-state index contributed by atoms with van der Waals surface area (Å²) in [5, 5.41) is 14.2. The standard InChI is InChI=1S/C15H13FN4/c16-12-6-8-13(9-7-12)17-10-14-15(19-20-18-14)11-4-2-1-3-5-11/h1-9,17H,10H2,(H,18,19,20). The fraction of sp³-hybridized carbons (Fsp3) is 0.0667. The second kappa shape index (κ2) is 5.52. The van der Waals surface area contributed by atoms with E-state index in [2.05, 4.69) is 20.7 Å². The van der Waals surface area contributed by atoms with Gasteiger partial charge in [0.2, 0.25) is 0 Å². The van der Waals surface area contributed by atoms with E-state index in [1.165, 1.54) is 12.1 Å². The number of hydrogen-bond donors (Lipinski definition) is 2. The molecule has 2 aromatic carbocycles. The first-order valence-corrected chi connectivity index (χ1v) is 6.27. The van der Waals surface area contributed by atoms with Gasteiger partial charge >= 0.3 is 0 Å². The van der Waals surface area contributed by atoms with E-state index in [1.807, 2.05) is 30.3 Å². The lowest BCUT2D eigenvalue weighted by atomic mass is 10.1. The van der Waals surface area contributed by atoms with Gasteiger partial charge in [-0.3, -0.25) is 0 Å². The number of H-pyrrole nitrogens is 1. The van der Waals surface area contributed by atoms with Gasteiger partial charge in [-0.15, -0.1) is 0 Å². The number of halogens is 1. The molecule has 0 bridgehead atoms. The molecule has 2 N–H and O–H groups in total. The molecule has 3 aromatic rings. The lowest BCUT2D eigenvalue weighted by Gasteiger charge is -2.05. The zero-order valence-corrected chi connectivity index (χ0v) is 10.7. The van der Waals surface area contributed by atoms with Crippen LogP contribution in [0, 0.1) is 5.82 Å². The minimum atomic E-state index is -0.248. The van der Waals surface area contributed by atoms with Gasteiger partial charge in [-0.25, -0.2) is 4.39 Å². The molecule has 0 aliphatic heterocycles. The van der Waals surface area contributed by atoms with Crippen molar-refractivity contribution in [2.75, 3.05) is 5.32 Å². The highest BCUT2D eigenvalue weighted by molar-refractivity contribution is 5.61. The number of aromatic nitrogens is 3. The Labute approximate surface area is 115 Å². The van der Waals surface area contributed by atoms with Crippen LogP contribution in [-0.2, 0) is 6.54 Å². The van der Waals surface area contributed by atoms with Crippen molar-refractivity contribution in [3.8, 4) is 11.3 Å². The molecule has 0 aliphatic rings. The number of rotatable bonds is 4. The summed E-state index contributed by atoms with van der Waals surface area (Å²) >= 11 is 0. The third-order valence-corrected chi connectivity index (χ3v) is 2.97. The van der Waals surface area contributed by atoms with Crippen LogP contribution in [0.2, 0.25) is 0 Å². The molecule has 5 heteroatoms. The molecular formula is C15H13FN4. The normalized spacial score (nSPS) is 10.4. The molecule has 0 saturated heterocycles. The summed E-state index contributed by atoms with van der Waals surface area (Å²) in [5.74, 6) is -0.248. The molecule has 1 aromatic heterocycles. The Morgan fingerprint density at radius 1 is 0.950 bits per heavy atom. The minimum absolute atomic E-state index is 0.248. The van der Waals surface area contributed by atoms with Crippen molar-refractivity contribution in [3.63, 3.8) is 0 Å². The average molecular weight is 268 g/mol.